The molecule has 0 aliphatic rings. The molecule has 0 saturated carbocycles. The van der Waals surface area contributed by atoms with Crippen LogP contribution in [0.15, 0.2) is 77.3 Å². The molecule has 0 spiro atoms. The van der Waals surface area contributed by atoms with E-state index in [0.29, 0.717) is 28.6 Å². The summed E-state index contributed by atoms with van der Waals surface area (Å²) < 4.78 is 11.1. The average molecular weight is 404 g/mol. The van der Waals surface area contributed by atoms with E-state index in [2.05, 4.69) is 20.6 Å². The highest BCUT2D eigenvalue weighted by molar-refractivity contribution is 7.80. The van der Waals surface area contributed by atoms with E-state index in [1.165, 1.54) is 0 Å². The lowest BCUT2D eigenvalue weighted by Gasteiger charge is -2.11. The Bertz CT molecular complexity index is 1130. The van der Waals surface area contributed by atoms with Gasteiger partial charge in [-0.1, -0.05) is 24.3 Å². The number of oxazole rings is 1. The molecule has 0 bridgehead atoms. The predicted molar refractivity (Wildman–Crippen MR) is 114 cm³/mol. The third-order valence-electron chi connectivity index (χ3n) is 3.90. The van der Waals surface area contributed by atoms with Gasteiger partial charge >= 0.3 is 0 Å². The number of carbonyl (C=O) groups is 1. The molecule has 8 heteroatoms. The van der Waals surface area contributed by atoms with Crippen LogP contribution in [0.4, 0.5) is 5.69 Å². The molecular formula is C21H16N4O3S. The highest BCUT2D eigenvalue weighted by Crippen LogP contribution is 2.25. The number of anilines is 1. The summed E-state index contributed by atoms with van der Waals surface area (Å²) in [5, 5.41) is 5.73. The quantitative estimate of drug-likeness (QED) is 0.489. The topological polar surface area (TPSA) is 89.3 Å². The first-order valence-corrected chi connectivity index (χ1v) is 9.19. The van der Waals surface area contributed by atoms with E-state index in [9.17, 15) is 4.79 Å². The minimum atomic E-state index is -0.354. The Labute approximate surface area is 171 Å². The molecule has 0 fully saturated rings. The summed E-state index contributed by atoms with van der Waals surface area (Å²) in [6, 6.07) is 20.0. The molecule has 0 radical (unpaired) electrons. The smallest absolute Gasteiger partial charge is 0.264 e. The van der Waals surface area contributed by atoms with Crippen molar-refractivity contribution in [3.63, 3.8) is 0 Å². The number of fused-ring (bicyclic) bond motifs is 1. The van der Waals surface area contributed by atoms with Crippen LogP contribution >= 0.6 is 12.2 Å². The van der Waals surface area contributed by atoms with Crippen molar-refractivity contribution in [3.8, 4) is 17.2 Å². The standard InChI is InChI=1S/C21H16N4O3S/c26-18(13-27-16-8-2-1-3-9-16)24-21(29)23-15-7-4-6-14(12-15)20-25-19-17(28-20)10-5-11-22-19/h1-12H,13H2,(H2,23,24,26,29). The lowest BCUT2D eigenvalue weighted by molar-refractivity contribution is -0.121. The number of thiocarbonyl (C=S) groups is 1. The second-order valence-corrected chi connectivity index (χ2v) is 6.44. The van der Waals surface area contributed by atoms with Gasteiger partial charge in [0.15, 0.2) is 22.9 Å². The number of para-hydroxylation sites is 1. The first-order valence-electron chi connectivity index (χ1n) is 8.78. The fraction of sp³-hybridized carbons (Fsp3) is 0.0476. The van der Waals surface area contributed by atoms with Crippen molar-refractivity contribution in [2.75, 3.05) is 11.9 Å². The van der Waals surface area contributed by atoms with Crippen molar-refractivity contribution < 1.29 is 13.9 Å². The molecule has 2 N–H and O–H groups in total. The SMILES string of the molecule is O=C(COc1ccccc1)NC(=S)Nc1cccc(-c2nc3ncccc3o2)c1. The zero-order valence-corrected chi connectivity index (χ0v) is 16.0. The van der Waals surface area contributed by atoms with Gasteiger partial charge in [-0.25, -0.2) is 4.98 Å². The number of carbonyl (C=O) groups excluding carboxylic acids is 1. The lowest BCUT2D eigenvalue weighted by Crippen LogP contribution is -2.37. The van der Waals surface area contributed by atoms with Crippen LogP contribution in [0, 0.1) is 0 Å². The first-order chi connectivity index (χ1) is 14.2. The molecular weight excluding hydrogens is 388 g/mol. The number of benzene rings is 2. The van der Waals surface area contributed by atoms with Crippen LogP contribution in [-0.4, -0.2) is 27.6 Å². The number of rotatable bonds is 5. The third kappa shape index (κ3) is 4.74. The highest BCUT2D eigenvalue weighted by atomic mass is 32.1. The normalized spacial score (nSPS) is 10.5. The summed E-state index contributed by atoms with van der Waals surface area (Å²) >= 11 is 5.21. The van der Waals surface area contributed by atoms with Crippen molar-refractivity contribution in [2.45, 2.75) is 0 Å². The van der Waals surface area contributed by atoms with E-state index >= 15 is 0 Å². The fourth-order valence-corrected chi connectivity index (χ4v) is 2.84. The van der Waals surface area contributed by atoms with Gasteiger partial charge in [0, 0.05) is 17.4 Å². The van der Waals surface area contributed by atoms with E-state index in [1.54, 1.807) is 24.4 Å². The average Bonchev–Trinajstić information content (AvgIpc) is 3.17. The molecule has 0 atom stereocenters. The molecule has 29 heavy (non-hydrogen) atoms. The van der Waals surface area contributed by atoms with Crippen molar-refractivity contribution in [3.05, 3.63) is 72.9 Å². The van der Waals surface area contributed by atoms with Gasteiger partial charge in [0.1, 0.15) is 5.75 Å². The van der Waals surface area contributed by atoms with E-state index in [0.717, 1.165) is 5.56 Å². The lowest BCUT2D eigenvalue weighted by atomic mass is 10.2. The summed E-state index contributed by atoms with van der Waals surface area (Å²) in [4.78, 5) is 20.6. The van der Waals surface area contributed by atoms with Gasteiger partial charge in [-0.2, -0.15) is 4.98 Å². The van der Waals surface area contributed by atoms with Crippen LogP contribution in [0.3, 0.4) is 0 Å². The van der Waals surface area contributed by atoms with Crippen LogP contribution in [0.5, 0.6) is 5.75 Å². The zero-order valence-electron chi connectivity index (χ0n) is 15.2. The van der Waals surface area contributed by atoms with Gasteiger partial charge in [0.25, 0.3) is 5.91 Å². The summed E-state index contributed by atoms with van der Waals surface area (Å²) in [6.07, 6.45) is 1.66. The Morgan fingerprint density at radius 1 is 1.07 bits per heavy atom. The maximum atomic E-state index is 12.0. The van der Waals surface area contributed by atoms with Gasteiger partial charge < -0.3 is 14.5 Å². The summed E-state index contributed by atoms with van der Waals surface area (Å²) in [7, 11) is 0. The molecule has 2 aromatic carbocycles. The number of aromatic nitrogens is 2. The van der Waals surface area contributed by atoms with Gasteiger partial charge in [0.05, 0.1) is 0 Å². The Morgan fingerprint density at radius 2 is 1.93 bits per heavy atom. The Kier molecular flexibility index (Phi) is 5.44. The Balaban J connectivity index is 1.37. The number of hydrogen-bond donors (Lipinski definition) is 2. The second-order valence-electron chi connectivity index (χ2n) is 6.03. The summed E-state index contributed by atoms with van der Waals surface area (Å²) in [6.45, 7) is -0.137. The zero-order chi connectivity index (χ0) is 20.1. The molecule has 0 saturated heterocycles. The van der Waals surface area contributed by atoms with Crippen molar-refractivity contribution >= 4 is 40.2 Å². The molecule has 0 aliphatic carbocycles. The summed E-state index contributed by atoms with van der Waals surface area (Å²) in [5.41, 5.74) is 2.60. The highest BCUT2D eigenvalue weighted by Gasteiger charge is 2.10. The third-order valence-corrected chi connectivity index (χ3v) is 4.10. The Morgan fingerprint density at radius 3 is 2.76 bits per heavy atom. The number of nitrogens with one attached hydrogen (secondary N) is 2. The van der Waals surface area contributed by atoms with E-state index in [4.69, 9.17) is 21.4 Å². The minimum absolute atomic E-state index is 0.137. The fourth-order valence-electron chi connectivity index (χ4n) is 2.61. The molecule has 144 valence electrons. The largest absolute Gasteiger partial charge is 0.484 e. The van der Waals surface area contributed by atoms with Crippen molar-refractivity contribution in [1.29, 1.82) is 0 Å². The molecule has 4 rings (SSSR count). The van der Waals surface area contributed by atoms with Crippen LogP contribution in [-0.2, 0) is 4.79 Å². The van der Waals surface area contributed by atoms with Gasteiger partial charge in [-0.3, -0.25) is 10.1 Å². The van der Waals surface area contributed by atoms with Crippen LogP contribution in [0.2, 0.25) is 0 Å². The molecule has 4 aromatic rings. The number of nitrogens with zero attached hydrogens (tertiary/aromatic N) is 2. The van der Waals surface area contributed by atoms with Crippen molar-refractivity contribution in [2.24, 2.45) is 0 Å². The first kappa shape index (κ1) is 18.6. The number of hydrogen-bond acceptors (Lipinski definition) is 6. The molecule has 0 aliphatic heterocycles. The van der Waals surface area contributed by atoms with E-state index in [1.807, 2.05) is 48.5 Å². The molecule has 7 nitrogen and oxygen atoms in total. The van der Waals surface area contributed by atoms with Crippen LogP contribution in [0.1, 0.15) is 0 Å². The van der Waals surface area contributed by atoms with E-state index in [-0.39, 0.29) is 17.6 Å². The maximum Gasteiger partial charge on any atom is 0.264 e. The van der Waals surface area contributed by atoms with Gasteiger partial charge in [0.2, 0.25) is 5.89 Å². The van der Waals surface area contributed by atoms with Gasteiger partial charge in [-0.15, -0.1) is 0 Å². The number of pyridine rings is 1. The van der Waals surface area contributed by atoms with Gasteiger partial charge in [-0.05, 0) is 54.7 Å². The minimum Gasteiger partial charge on any atom is -0.484 e. The van der Waals surface area contributed by atoms with E-state index < -0.39 is 0 Å². The Hall–Kier alpha value is -3.78. The van der Waals surface area contributed by atoms with Crippen LogP contribution < -0.4 is 15.4 Å². The molecule has 1 amide bonds. The molecule has 2 aromatic heterocycles. The molecule has 2 heterocycles. The van der Waals surface area contributed by atoms with Crippen LogP contribution in [0.25, 0.3) is 22.7 Å². The predicted octanol–water partition coefficient (Wildman–Crippen LogP) is 3.78. The van der Waals surface area contributed by atoms with Crippen molar-refractivity contribution in [1.82, 2.24) is 15.3 Å². The molecule has 0 unspecified atom stereocenters. The monoisotopic (exact) mass is 404 g/mol. The maximum absolute atomic E-state index is 12.0. The number of ether oxygens (including phenoxy) is 1. The number of amides is 1. The second kappa shape index (κ2) is 8.49. The summed E-state index contributed by atoms with van der Waals surface area (Å²) in [5.74, 6) is 0.711.